The average molecular weight is 205 g/mol. The van der Waals surface area contributed by atoms with Gasteiger partial charge in [-0.2, -0.15) is 0 Å². The molecule has 3 atom stereocenters. The monoisotopic (exact) mass is 205 g/mol. The third-order valence-electron chi connectivity index (χ3n) is 3.52. The van der Waals surface area contributed by atoms with Crippen molar-refractivity contribution >= 4 is 0 Å². The highest BCUT2D eigenvalue weighted by atomic mass is 14.8. The van der Waals surface area contributed by atoms with Crippen LogP contribution in [0.4, 0.5) is 0 Å². The van der Waals surface area contributed by atoms with Gasteiger partial charge in [0.15, 0.2) is 0 Å². The smallest absolute Gasteiger partial charge is 0.0181 e. The van der Waals surface area contributed by atoms with Gasteiger partial charge in [-0.25, -0.2) is 0 Å². The second kappa shape index (κ2) is 6.56. The lowest BCUT2D eigenvalue weighted by Gasteiger charge is -2.28. The van der Waals surface area contributed by atoms with Crippen molar-refractivity contribution in [1.29, 1.82) is 0 Å². The molecule has 1 aliphatic heterocycles. The second-order valence-corrected chi connectivity index (χ2v) is 4.65. The van der Waals surface area contributed by atoms with Crippen molar-refractivity contribution in [2.75, 3.05) is 6.54 Å². The van der Waals surface area contributed by atoms with Crippen LogP contribution in [0.1, 0.15) is 40.0 Å². The van der Waals surface area contributed by atoms with Crippen LogP contribution in [0.2, 0.25) is 0 Å². The van der Waals surface area contributed by atoms with Crippen molar-refractivity contribution in [3.8, 4) is 11.8 Å². The maximum absolute atomic E-state index is 3.33. The van der Waals surface area contributed by atoms with Crippen molar-refractivity contribution in [3.63, 3.8) is 0 Å². The summed E-state index contributed by atoms with van der Waals surface area (Å²) in [5.74, 6) is 8.56. The van der Waals surface area contributed by atoms with Crippen LogP contribution in [0, 0.1) is 29.6 Å². The summed E-state index contributed by atoms with van der Waals surface area (Å²) in [6, 6.07) is 0. The molecule has 0 bridgehead atoms. The molecule has 0 spiro atoms. The van der Waals surface area contributed by atoms with Crippen LogP contribution in [0.15, 0.2) is 12.3 Å². The van der Waals surface area contributed by atoms with Gasteiger partial charge in [-0.05, 0) is 17.8 Å². The van der Waals surface area contributed by atoms with Gasteiger partial charge in [0.05, 0.1) is 0 Å². The van der Waals surface area contributed by atoms with Gasteiger partial charge in [0.25, 0.3) is 0 Å². The number of allylic oxidation sites excluding steroid dienone is 1. The van der Waals surface area contributed by atoms with Crippen LogP contribution in [0.25, 0.3) is 0 Å². The number of hydrogen-bond donors (Lipinski definition) is 1. The normalized spacial score (nSPS) is 24.1. The fourth-order valence-corrected chi connectivity index (χ4v) is 2.20. The first-order valence-corrected chi connectivity index (χ1v) is 6.12. The van der Waals surface area contributed by atoms with Gasteiger partial charge in [-0.1, -0.05) is 45.5 Å². The topological polar surface area (TPSA) is 12.0 Å². The minimum Gasteiger partial charge on any atom is -0.390 e. The van der Waals surface area contributed by atoms with Crippen molar-refractivity contribution in [1.82, 2.24) is 5.32 Å². The molecule has 1 heteroatoms. The molecule has 15 heavy (non-hydrogen) atoms. The molecule has 0 aliphatic carbocycles. The Bertz CT molecular complexity index is 256. The fourth-order valence-electron chi connectivity index (χ4n) is 2.20. The molecule has 0 saturated carbocycles. The van der Waals surface area contributed by atoms with Gasteiger partial charge in [-0.15, -0.1) is 0 Å². The summed E-state index contributed by atoms with van der Waals surface area (Å²) in [6.07, 6.45) is 7.53. The summed E-state index contributed by atoms with van der Waals surface area (Å²) in [5, 5.41) is 3.33. The van der Waals surface area contributed by atoms with Crippen LogP contribution >= 0.6 is 0 Å². The lowest BCUT2D eigenvalue weighted by Crippen LogP contribution is -2.28. The molecule has 1 N–H and O–H groups in total. The molecule has 0 amide bonds. The Morgan fingerprint density at radius 1 is 1.47 bits per heavy atom. The summed E-state index contributed by atoms with van der Waals surface area (Å²) >= 11 is 0. The van der Waals surface area contributed by atoms with E-state index in [4.69, 9.17) is 0 Å². The van der Waals surface area contributed by atoms with Gasteiger partial charge in [0, 0.05) is 25.2 Å². The van der Waals surface area contributed by atoms with E-state index in [0.717, 1.165) is 24.8 Å². The van der Waals surface area contributed by atoms with E-state index >= 15 is 0 Å². The minimum absolute atomic E-state index is 0.698. The second-order valence-electron chi connectivity index (χ2n) is 4.65. The summed E-state index contributed by atoms with van der Waals surface area (Å²) in [4.78, 5) is 0. The highest BCUT2D eigenvalue weighted by molar-refractivity contribution is 5.16. The Balaban J connectivity index is 2.49. The molecule has 1 aliphatic rings. The van der Waals surface area contributed by atoms with Gasteiger partial charge in [0.1, 0.15) is 0 Å². The molecule has 84 valence electrons. The summed E-state index contributed by atoms with van der Waals surface area (Å²) in [6.45, 7) is 8.08. The van der Waals surface area contributed by atoms with Crippen molar-refractivity contribution < 1.29 is 0 Å². The zero-order chi connectivity index (χ0) is 11.1. The van der Waals surface area contributed by atoms with Crippen LogP contribution in [0.5, 0.6) is 0 Å². The predicted octanol–water partition coefficient (Wildman–Crippen LogP) is 3.19. The van der Waals surface area contributed by atoms with E-state index in [1.807, 2.05) is 12.3 Å². The molecule has 1 unspecified atom stereocenters. The summed E-state index contributed by atoms with van der Waals surface area (Å²) in [7, 11) is 0. The molecule has 0 fully saturated rings. The van der Waals surface area contributed by atoms with Gasteiger partial charge < -0.3 is 5.32 Å². The summed E-state index contributed by atoms with van der Waals surface area (Å²) < 4.78 is 0. The highest BCUT2D eigenvalue weighted by Crippen LogP contribution is 2.26. The Kier molecular flexibility index (Phi) is 5.32. The molecule has 0 aromatic heterocycles. The van der Waals surface area contributed by atoms with Crippen molar-refractivity contribution in [2.45, 2.75) is 40.0 Å². The molecule has 0 aromatic carbocycles. The van der Waals surface area contributed by atoms with Gasteiger partial charge in [0.2, 0.25) is 0 Å². The van der Waals surface area contributed by atoms with E-state index in [2.05, 4.69) is 37.9 Å². The van der Waals surface area contributed by atoms with Gasteiger partial charge >= 0.3 is 0 Å². The largest absolute Gasteiger partial charge is 0.390 e. The molecular weight excluding hydrogens is 182 g/mol. The first kappa shape index (κ1) is 12.2. The van der Waals surface area contributed by atoms with E-state index in [9.17, 15) is 0 Å². The Morgan fingerprint density at radius 3 is 3.00 bits per heavy atom. The molecule has 1 nitrogen and oxygen atoms in total. The SMILES string of the molecule is CCC[C@H](C)[C@H](C)C1CC#CC=CNC1. The third kappa shape index (κ3) is 4.00. The van der Waals surface area contributed by atoms with E-state index < -0.39 is 0 Å². The molecular formula is C14H23N. The number of nitrogens with one attached hydrogen (secondary N) is 1. The maximum Gasteiger partial charge on any atom is 0.0181 e. The lowest BCUT2D eigenvalue weighted by molar-refractivity contribution is 0.250. The summed E-state index contributed by atoms with van der Waals surface area (Å²) in [5.41, 5.74) is 0. The quantitative estimate of drug-likeness (QED) is 0.695. The van der Waals surface area contributed by atoms with Crippen LogP contribution in [-0.4, -0.2) is 6.54 Å². The number of hydrogen-bond acceptors (Lipinski definition) is 1. The minimum atomic E-state index is 0.698. The Hall–Kier alpha value is -0.900. The van der Waals surface area contributed by atoms with Crippen LogP contribution in [0.3, 0.4) is 0 Å². The first-order chi connectivity index (χ1) is 7.25. The maximum atomic E-state index is 3.33. The average Bonchev–Trinajstić information content (AvgIpc) is 2.16. The van der Waals surface area contributed by atoms with E-state index in [1.54, 1.807) is 0 Å². The molecule has 0 radical (unpaired) electrons. The first-order valence-electron chi connectivity index (χ1n) is 6.12. The zero-order valence-electron chi connectivity index (χ0n) is 10.2. The zero-order valence-corrected chi connectivity index (χ0v) is 10.2. The standard InChI is InChI=1S/C14H23N/c1-4-8-12(2)13(3)14-9-6-5-7-10-15-11-14/h7,10,12-15H,4,8-9,11H2,1-3H3/t12-,13-,14?/m0/s1. The van der Waals surface area contributed by atoms with E-state index in [1.165, 1.54) is 12.8 Å². The van der Waals surface area contributed by atoms with Crippen LogP contribution < -0.4 is 5.32 Å². The molecule has 0 saturated heterocycles. The predicted molar refractivity (Wildman–Crippen MR) is 66.3 cm³/mol. The van der Waals surface area contributed by atoms with Crippen molar-refractivity contribution in [2.24, 2.45) is 17.8 Å². The third-order valence-corrected chi connectivity index (χ3v) is 3.52. The highest BCUT2D eigenvalue weighted by Gasteiger charge is 2.21. The molecule has 0 aromatic rings. The van der Waals surface area contributed by atoms with Crippen molar-refractivity contribution in [3.05, 3.63) is 12.3 Å². The van der Waals surface area contributed by atoms with Crippen LogP contribution in [-0.2, 0) is 0 Å². The Labute approximate surface area is 94.3 Å². The lowest BCUT2D eigenvalue weighted by atomic mass is 9.80. The fraction of sp³-hybridized carbons (Fsp3) is 0.714. The molecule has 1 heterocycles. The van der Waals surface area contributed by atoms with Gasteiger partial charge in [-0.3, -0.25) is 0 Å². The Morgan fingerprint density at radius 2 is 2.27 bits per heavy atom. The molecule has 1 rings (SSSR count). The van der Waals surface area contributed by atoms with E-state index in [0.29, 0.717) is 5.92 Å². The van der Waals surface area contributed by atoms with E-state index in [-0.39, 0.29) is 0 Å². The number of rotatable bonds is 4.